The van der Waals surface area contributed by atoms with Crippen LogP contribution in [0.15, 0.2) is 12.1 Å². The van der Waals surface area contributed by atoms with Crippen molar-refractivity contribution in [3.8, 4) is 0 Å². The highest BCUT2D eigenvalue weighted by molar-refractivity contribution is 5.75. The Labute approximate surface area is 104 Å². The zero-order valence-electron chi connectivity index (χ0n) is 10.1. The Morgan fingerprint density at radius 1 is 1.00 bits per heavy atom. The molecule has 8 nitrogen and oxygen atoms in total. The molecule has 1 heterocycles. The molecule has 1 aromatic rings. The van der Waals surface area contributed by atoms with E-state index in [0.29, 0.717) is 11.6 Å². The molecule has 0 aliphatic heterocycles. The van der Waals surface area contributed by atoms with Crippen molar-refractivity contribution in [2.24, 2.45) is 0 Å². The highest BCUT2D eigenvalue weighted by Crippen LogP contribution is 2.05. The number of methoxy groups -OCH3 is 2. The number of nitrogens with one attached hydrogen (secondary N) is 2. The number of aromatic nitrogens is 2. The van der Waals surface area contributed by atoms with E-state index in [-0.39, 0.29) is 13.1 Å². The zero-order chi connectivity index (χ0) is 13.4. The molecule has 0 saturated heterocycles. The minimum atomic E-state index is -0.398. The molecule has 0 aromatic carbocycles. The van der Waals surface area contributed by atoms with Crippen LogP contribution in [0.3, 0.4) is 0 Å². The molecular weight excluding hydrogens is 240 g/mol. The average Bonchev–Trinajstić information content (AvgIpc) is 2.43. The van der Waals surface area contributed by atoms with Gasteiger partial charge >= 0.3 is 11.9 Å². The van der Waals surface area contributed by atoms with Crippen LogP contribution in [0.5, 0.6) is 0 Å². The smallest absolute Gasteiger partial charge is 0.325 e. The molecule has 0 saturated carbocycles. The number of anilines is 2. The Balaban J connectivity index is 2.42. The van der Waals surface area contributed by atoms with Crippen LogP contribution < -0.4 is 10.6 Å². The Morgan fingerprint density at radius 2 is 1.39 bits per heavy atom. The number of carbonyl (C=O) groups is 2. The van der Waals surface area contributed by atoms with Gasteiger partial charge in [0.25, 0.3) is 0 Å². The lowest BCUT2D eigenvalue weighted by molar-refractivity contribution is -0.139. The summed E-state index contributed by atoms with van der Waals surface area (Å²) < 4.78 is 8.92. The van der Waals surface area contributed by atoms with Gasteiger partial charge in [-0.3, -0.25) is 9.59 Å². The molecule has 0 atom stereocenters. The maximum Gasteiger partial charge on any atom is 0.325 e. The predicted octanol–water partition coefficient (Wildman–Crippen LogP) is -0.354. The Morgan fingerprint density at radius 3 is 1.67 bits per heavy atom. The summed E-state index contributed by atoms with van der Waals surface area (Å²) in [6.45, 7) is 0.0280. The summed E-state index contributed by atoms with van der Waals surface area (Å²) in [6.07, 6.45) is 0. The molecule has 0 radical (unpaired) electrons. The third-order valence-electron chi connectivity index (χ3n) is 1.95. The fourth-order valence-corrected chi connectivity index (χ4v) is 0.991. The molecule has 2 N–H and O–H groups in total. The summed E-state index contributed by atoms with van der Waals surface area (Å²) in [5.41, 5.74) is 0. The quantitative estimate of drug-likeness (QED) is 0.664. The number of hydrogen-bond acceptors (Lipinski definition) is 8. The molecule has 0 fully saturated rings. The molecule has 0 aliphatic carbocycles. The van der Waals surface area contributed by atoms with Crippen molar-refractivity contribution in [2.75, 3.05) is 37.9 Å². The van der Waals surface area contributed by atoms with Gasteiger partial charge in [-0.2, -0.15) is 0 Å². The monoisotopic (exact) mass is 254 g/mol. The summed E-state index contributed by atoms with van der Waals surface area (Å²) >= 11 is 0. The molecule has 0 unspecified atom stereocenters. The molecule has 98 valence electrons. The number of rotatable bonds is 6. The molecule has 1 aromatic heterocycles. The molecule has 1 rings (SSSR count). The van der Waals surface area contributed by atoms with Gasteiger partial charge in [-0.1, -0.05) is 0 Å². The van der Waals surface area contributed by atoms with Gasteiger partial charge in [-0.15, -0.1) is 10.2 Å². The van der Waals surface area contributed by atoms with Crippen molar-refractivity contribution in [3.05, 3.63) is 12.1 Å². The molecule has 0 spiro atoms. The van der Waals surface area contributed by atoms with Crippen molar-refractivity contribution >= 4 is 23.6 Å². The molecule has 0 aliphatic rings. The van der Waals surface area contributed by atoms with Crippen molar-refractivity contribution in [3.63, 3.8) is 0 Å². The fraction of sp³-hybridized carbons (Fsp3) is 0.400. The van der Waals surface area contributed by atoms with E-state index in [4.69, 9.17) is 0 Å². The molecule has 8 heteroatoms. The summed E-state index contributed by atoms with van der Waals surface area (Å²) in [6, 6.07) is 3.24. The van der Waals surface area contributed by atoms with Crippen LogP contribution in [0.2, 0.25) is 0 Å². The van der Waals surface area contributed by atoms with Crippen molar-refractivity contribution in [1.29, 1.82) is 0 Å². The van der Waals surface area contributed by atoms with E-state index >= 15 is 0 Å². The SMILES string of the molecule is COC(=O)CNc1ccc(NCC(=O)OC)nn1. The van der Waals surface area contributed by atoms with Crippen molar-refractivity contribution in [2.45, 2.75) is 0 Å². The van der Waals surface area contributed by atoms with E-state index in [2.05, 4.69) is 30.3 Å². The lowest BCUT2D eigenvalue weighted by atomic mass is 10.4. The Bertz CT molecular complexity index is 368. The van der Waals surface area contributed by atoms with Gasteiger partial charge in [0.2, 0.25) is 0 Å². The van der Waals surface area contributed by atoms with E-state index in [1.54, 1.807) is 12.1 Å². The van der Waals surface area contributed by atoms with Gasteiger partial charge in [0, 0.05) is 0 Å². The molecule has 0 bridgehead atoms. The molecule has 18 heavy (non-hydrogen) atoms. The number of esters is 2. The van der Waals surface area contributed by atoms with E-state index < -0.39 is 11.9 Å². The van der Waals surface area contributed by atoms with Crippen LogP contribution in [0.25, 0.3) is 0 Å². The van der Waals surface area contributed by atoms with Gasteiger partial charge in [0.1, 0.15) is 24.7 Å². The van der Waals surface area contributed by atoms with Crippen LogP contribution in [-0.2, 0) is 19.1 Å². The molecule has 0 amide bonds. The van der Waals surface area contributed by atoms with E-state index in [1.807, 2.05) is 0 Å². The predicted molar refractivity (Wildman–Crippen MR) is 63.0 cm³/mol. The first-order valence-corrected chi connectivity index (χ1v) is 5.11. The maximum absolute atomic E-state index is 10.9. The summed E-state index contributed by atoms with van der Waals surface area (Å²) in [4.78, 5) is 21.7. The topological polar surface area (TPSA) is 102 Å². The number of hydrogen-bond donors (Lipinski definition) is 2. The second-order valence-electron chi connectivity index (χ2n) is 3.16. The van der Waals surface area contributed by atoms with E-state index in [1.165, 1.54) is 14.2 Å². The minimum Gasteiger partial charge on any atom is -0.468 e. The lowest BCUT2D eigenvalue weighted by Gasteiger charge is -2.05. The van der Waals surface area contributed by atoms with Crippen LogP contribution in [0, 0.1) is 0 Å². The Kier molecular flexibility index (Phi) is 5.36. The highest BCUT2D eigenvalue weighted by Gasteiger charge is 2.03. The minimum absolute atomic E-state index is 0.0140. The van der Waals surface area contributed by atoms with Crippen molar-refractivity contribution < 1.29 is 19.1 Å². The maximum atomic E-state index is 10.9. The second-order valence-corrected chi connectivity index (χ2v) is 3.16. The van der Waals surface area contributed by atoms with Crippen LogP contribution >= 0.6 is 0 Å². The van der Waals surface area contributed by atoms with Gasteiger partial charge < -0.3 is 20.1 Å². The molecular formula is C10H14N4O4. The number of ether oxygens (including phenoxy) is 2. The summed E-state index contributed by atoms with van der Waals surface area (Å²) in [5.74, 6) is 0.0717. The second kappa shape index (κ2) is 7.05. The first-order chi connectivity index (χ1) is 8.65. The lowest BCUT2D eigenvalue weighted by Crippen LogP contribution is -2.17. The van der Waals surface area contributed by atoms with Crippen LogP contribution in [0.1, 0.15) is 0 Å². The van der Waals surface area contributed by atoms with E-state index in [0.717, 1.165) is 0 Å². The van der Waals surface area contributed by atoms with Gasteiger partial charge in [0.05, 0.1) is 14.2 Å². The van der Waals surface area contributed by atoms with Gasteiger partial charge in [-0.05, 0) is 12.1 Å². The first kappa shape index (κ1) is 13.7. The number of carbonyl (C=O) groups excluding carboxylic acids is 2. The fourth-order valence-electron chi connectivity index (χ4n) is 0.991. The zero-order valence-corrected chi connectivity index (χ0v) is 10.1. The normalized spacial score (nSPS) is 9.44. The van der Waals surface area contributed by atoms with Gasteiger partial charge in [0.15, 0.2) is 0 Å². The number of nitrogens with zero attached hydrogens (tertiary/aromatic N) is 2. The average molecular weight is 254 g/mol. The summed E-state index contributed by atoms with van der Waals surface area (Å²) in [5, 5.41) is 13.1. The third kappa shape index (κ3) is 4.64. The van der Waals surface area contributed by atoms with Gasteiger partial charge in [-0.25, -0.2) is 0 Å². The van der Waals surface area contributed by atoms with Crippen molar-refractivity contribution in [1.82, 2.24) is 10.2 Å². The van der Waals surface area contributed by atoms with Crippen LogP contribution in [0.4, 0.5) is 11.6 Å². The Hall–Kier alpha value is -2.38. The standard InChI is InChI=1S/C10H14N4O4/c1-17-9(15)5-11-7-3-4-8(14-13-7)12-6-10(16)18-2/h3-4H,5-6H2,1-2H3,(H,11,13)(H,12,14). The highest BCUT2D eigenvalue weighted by atomic mass is 16.5. The van der Waals surface area contributed by atoms with E-state index in [9.17, 15) is 9.59 Å². The largest absolute Gasteiger partial charge is 0.468 e. The summed E-state index contributed by atoms with van der Waals surface area (Å²) in [7, 11) is 2.60. The van der Waals surface area contributed by atoms with Crippen LogP contribution in [-0.4, -0.2) is 49.4 Å². The third-order valence-corrected chi connectivity index (χ3v) is 1.95. The first-order valence-electron chi connectivity index (χ1n) is 5.11.